The van der Waals surface area contributed by atoms with Crippen molar-refractivity contribution < 1.29 is 4.79 Å². The van der Waals surface area contributed by atoms with Gasteiger partial charge in [-0.15, -0.1) is 0 Å². The number of fused-ring (bicyclic) bond motifs is 2. The number of hydrogen-bond donors (Lipinski definition) is 1. The summed E-state index contributed by atoms with van der Waals surface area (Å²) in [6.07, 6.45) is 3.01. The highest BCUT2D eigenvalue weighted by molar-refractivity contribution is 6.04. The van der Waals surface area contributed by atoms with Gasteiger partial charge in [0, 0.05) is 17.7 Å². The van der Waals surface area contributed by atoms with Crippen molar-refractivity contribution in [3.63, 3.8) is 0 Å². The predicted molar refractivity (Wildman–Crippen MR) is 104 cm³/mol. The topological polar surface area (TPSA) is 59.3 Å². The van der Waals surface area contributed by atoms with Gasteiger partial charge < -0.3 is 4.57 Å². The van der Waals surface area contributed by atoms with Crippen LogP contribution in [-0.2, 0) is 13.0 Å². The number of imidazole rings is 1. The van der Waals surface area contributed by atoms with Gasteiger partial charge in [0.2, 0.25) is 0 Å². The molecule has 1 aliphatic rings. The Morgan fingerprint density at radius 2 is 2.08 bits per heavy atom. The Kier molecular flexibility index (Phi) is 4.29. The van der Waals surface area contributed by atoms with Gasteiger partial charge in [-0.2, -0.15) is 5.10 Å². The first-order valence-electron chi connectivity index (χ1n) is 9.09. The Labute approximate surface area is 152 Å². The zero-order valence-electron chi connectivity index (χ0n) is 15.1. The normalized spacial score (nSPS) is 15.2. The minimum Gasteiger partial charge on any atom is -0.329 e. The van der Waals surface area contributed by atoms with Gasteiger partial charge in [-0.25, -0.2) is 10.4 Å². The van der Waals surface area contributed by atoms with E-state index in [1.54, 1.807) is 0 Å². The van der Waals surface area contributed by atoms with Crippen molar-refractivity contribution in [2.24, 2.45) is 5.10 Å². The van der Waals surface area contributed by atoms with E-state index in [4.69, 9.17) is 0 Å². The number of nitrogens with zero attached hydrogens (tertiary/aromatic N) is 3. The van der Waals surface area contributed by atoms with Crippen molar-refractivity contribution in [1.29, 1.82) is 0 Å². The van der Waals surface area contributed by atoms with E-state index in [9.17, 15) is 4.79 Å². The van der Waals surface area contributed by atoms with Crippen molar-refractivity contribution in [2.75, 3.05) is 0 Å². The third-order valence-corrected chi connectivity index (χ3v) is 5.00. The van der Waals surface area contributed by atoms with Crippen LogP contribution in [0.4, 0.5) is 0 Å². The third-order valence-electron chi connectivity index (χ3n) is 5.00. The highest BCUT2D eigenvalue weighted by Gasteiger charge is 2.16. The summed E-state index contributed by atoms with van der Waals surface area (Å²) in [5, 5.41) is 4.41. The summed E-state index contributed by atoms with van der Waals surface area (Å²) in [6.45, 7) is 4.93. The van der Waals surface area contributed by atoms with Crippen molar-refractivity contribution >= 4 is 22.7 Å². The first-order chi connectivity index (χ1) is 12.7. The molecule has 3 aromatic rings. The van der Waals surface area contributed by atoms with E-state index in [1.165, 1.54) is 5.56 Å². The van der Waals surface area contributed by atoms with Gasteiger partial charge in [-0.05, 0) is 56.9 Å². The predicted octanol–water partition coefficient (Wildman–Crippen LogP) is 3.84. The first-order valence-corrected chi connectivity index (χ1v) is 9.09. The number of hydrogen-bond acceptors (Lipinski definition) is 3. The van der Waals surface area contributed by atoms with E-state index in [0.717, 1.165) is 53.9 Å². The van der Waals surface area contributed by atoms with E-state index in [2.05, 4.69) is 39.1 Å². The number of benzene rings is 2. The van der Waals surface area contributed by atoms with E-state index < -0.39 is 0 Å². The fourth-order valence-electron chi connectivity index (χ4n) is 3.69. The molecule has 26 heavy (non-hydrogen) atoms. The molecule has 0 aliphatic heterocycles. The van der Waals surface area contributed by atoms with Crippen molar-refractivity contribution in [1.82, 2.24) is 15.0 Å². The summed E-state index contributed by atoms with van der Waals surface area (Å²) in [5.74, 6) is 0.755. The minimum atomic E-state index is -0.203. The van der Waals surface area contributed by atoms with Gasteiger partial charge in [0.25, 0.3) is 5.91 Å². The second-order valence-electron chi connectivity index (χ2n) is 6.62. The average molecular weight is 346 g/mol. The molecule has 0 saturated heterocycles. The van der Waals surface area contributed by atoms with Crippen molar-refractivity contribution in [3.8, 4) is 0 Å². The molecule has 0 spiro atoms. The molecule has 0 bridgehead atoms. The fraction of sp³-hybridized carbons (Fsp3) is 0.286. The molecule has 1 N–H and O–H groups in total. The summed E-state index contributed by atoms with van der Waals surface area (Å²) in [7, 11) is 0. The van der Waals surface area contributed by atoms with Crippen LogP contribution in [0.25, 0.3) is 11.0 Å². The summed E-state index contributed by atoms with van der Waals surface area (Å²) < 4.78 is 2.14. The lowest BCUT2D eigenvalue weighted by atomic mass is 9.90. The Hall–Kier alpha value is -2.95. The van der Waals surface area contributed by atoms with E-state index in [0.29, 0.717) is 5.56 Å². The molecular formula is C21H22N4O. The molecule has 132 valence electrons. The Balaban J connectivity index is 1.58. The number of nitrogens with one attached hydrogen (secondary N) is 1. The Morgan fingerprint density at radius 1 is 1.23 bits per heavy atom. The SMILES string of the molecule is CCn1c(C)nc2cc(C(=O)N/N=C3/CCCc4ccccc43)ccc21. The number of rotatable bonds is 3. The molecule has 5 nitrogen and oxygen atoms in total. The van der Waals surface area contributed by atoms with Crippen LogP contribution in [0.3, 0.4) is 0 Å². The smallest absolute Gasteiger partial charge is 0.271 e. The monoisotopic (exact) mass is 346 g/mol. The maximum atomic E-state index is 12.6. The minimum absolute atomic E-state index is 0.203. The molecule has 5 heteroatoms. The summed E-state index contributed by atoms with van der Waals surface area (Å²) in [5.41, 5.74) is 8.59. The van der Waals surface area contributed by atoms with Crippen LogP contribution in [0.2, 0.25) is 0 Å². The van der Waals surface area contributed by atoms with E-state index in [1.807, 2.05) is 37.3 Å². The lowest BCUT2D eigenvalue weighted by Gasteiger charge is -2.17. The maximum Gasteiger partial charge on any atom is 0.271 e. The number of aryl methyl sites for hydroxylation is 3. The lowest BCUT2D eigenvalue weighted by molar-refractivity contribution is 0.0955. The summed E-state index contributed by atoms with van der Waals surface area (Å²) >= 11 is 0. The second-order valence-corrected chi connectivity index (χ2v) is 6.62. The molecule has 4 rings (SSSR count). The molecule has 1 aliphatic carbocycles. The van der Waals surface area contributed by atoms with Crippen molar-refractivity contribution in [3.05, 3.63) is 65.0 Å². The number of carbonyl (C=O) groups is 1. The standard InChI is InChI=1S/C21H22N4O/c1-3-25-14(2)22-19-13-16(11-12-20(19)25)21(26)24-23-18-10-6-8-15-7-4-5-9-17(15)18/h4-5,7,9,11-13H,3,6,8,10H2,1-2H3,(H,24,26)/b23-18-. The van der Waals surface area contributed by atoms with Crippen LogP contribution in [0.1, 0.15) is 47.1 Å². The molecule has 1 amide bonds. The zero-order valence-corrected chi connectivity index (χ0v) is 15.1. The largest absolute Gasteiger partial charge is 0.329 e. The average Bonchev–Trinajstić information content (AvgIpc) is 3.00. The van der Waals surface area contributed by atoms with Crippen LogP contribution in [-0.4, -0.2) is 21.2 Å². The fourth-order valence-corrected chi connectivity index (χ4v) is 3.69. The van der Waals surface area contributed by atoms with Crippen LogP contribution in [0, 0.1) is 6.92 Å². The van der Waals surface area contributed by atoms with Gasteiger partial charge in [0.15, 0.2) is 0 Å². The van der Waals surface area contributed by atoms with Crippen LogP contribution in [0.15, 0.2) is 47.6 Å². The molecule has 0 saturated carbocycles. The Morgan fingerprint density at radius 3 is 2.92 bits per heavy atom. The summed E-state index contributed by atoms with van der Waals surface area (Å²) in [6, 6.07) is 13.9. The van der Waals surface area contributed by atoms with Gasteiger partial charge in [0.05, 0.1) is 16.7 Å². The number of hydrazone groups is 1. The number of aromatic nitrogens is 2. The summed E-state index contributed by atoms with van der Waals surface area (Å²) in [4.78, 5) is 17.1. The molecule has 2 aromatic carbocycles. The highest BCUT2D eigenvalue weighted by atomic mass is 16.2. The Bertz CT molecular complexity index is 1020. The maximum absolute atomic E-state index is 12.6. The van der Waals surface area contributed by atoms with Gasteiger partial charge >= 0.3 is 0 Å². The zero-order chi connectivity index (χ0) is 18.1. The lowest BCUT2D eigenvalue weighted by Crippen LogP contribution is -2.22. The van der Waals surface area contributed by atoms with Gasteiger partial charge in [0.1, 0.15) is 5.82 Å². The quantitative estimate of drug-likeness (QED) is 0.733. The molecule has 0 radical (unpaired) electrons. The molecule has 0 atom stereocenters. The number of carbonyl (C=O) groups excluding carboxylic acids is 1. The third kappa shape index (κ3) is 2.90. The molecule has 1 heterocycles. The van der Waals surface area contributed by atoms with Crippen LogP contribution >= 0.6 is 0 Å². The van der Waals surface area contributed by atoms with Crippen LogP contribution < -0.4 is 5.43 Å². The first kappa shape index (κ1) is 16.5. The van der Waals surface area contributed by atoms with Crippen molar-refractivity contribution in [2.45, 2.75) is 39.7 Å². The second kappa shape index (κ2) is 6.75. The van der Waals surface area contributed by atoms with E-state index in [-0.39, 0.29) is 5.91 Å². The van der Waals surface area contributed by atoms with Crippen LogP contribution in [0.5, 0.6) is 0 Å². The van der Waals surface area contributed by atoms with Gasteiger partial charge in [-0.3, -0.25) is 4.79 Å². The molecular weight excluding hydrogens is 324 g/mol. The van der Waals surface area contributed by atoms with Gasteiger partial charge in [-0.1, -0.05) is 24.3 Å². The molecule has 1 aromatic heterocycles. The number of amides is 1. The van der Waals surface area contributed by atoms with E-state index >= 15 is 0 Å². The highest BCUT2D eigenvalue weighted by Crippen LogP contribution is 2.21. The molecule has 0 unspecified atom stereocenters. The molecule has 0 fully saturated rings.